The fourth-order valence-electron chi connectivity index (χ4n) is 2.33. The van der Waals surface area contributed by atoms with Crippen LogP contribution in [0, 0.1) is 5.82 Å². The molecule has 0 unspecified atom stereocenters. The van der Waals surface area contributed by atoms with Gasteiger partial charge in [-0.2, -0.15) is 0 Å². The Morgan fingerprint density at radius 1 is 1.36 bits per heavy atom. The van der Waals surface area contributed by atoms with Gasteiger partial charge in [-0.15, -0.1) is 16.8 Å². The summed E-state index contributed by atoms with van der Waals surface area (Å²) < 4.78 is 20.2. The lowest BCUT2D eigenvalue weighted by Gasteiger charge is -2.14. The highest BCUT2D eigenvalue weighted by atomic mass is 32.2. The molecule has 2 rings (SSSR count). The number of ether oxygens (including phenoxy) is 1. The van der Waals surface area contributed by atoms with E-state index in [2.05, 4.69) is 16.8 Å². The molecule has 0 aliphatic heterocycles. The van der Waals surface area contributed by atoms with Crippen LogP contribution in [0.25, 0.3) is 11.4 Å². The summed E-state index contributed by atoms with van der Waals surface area (Å²) in [6.45, 7) is 8.41. The molecule has 134 valence electrons. The minimum atomic E-state index is -0.334. The van der Waals surface area contributed by atoms with Crippen LogP contribution in [0.1, 0.15) is 26.7 Å². The highest BCUT2D eigenvalue weighted by Crippen LogP contribution is 2.29. The molecule has 0 amide bonds. The fourth-order valence-corrected chi connectivity index (χ4v) is 3.48. The van der Waals surface area contributed by atoms with E-state index in [1.54, 1.807) is 25.1 Å². The van der Waals surface area contributed by atoms with Crippen molar-refractivity contribution in [2.45, 2.75) is 43.6 Å². The van der Waals surface area contributed by atoms with E-state index >= 15 is 0 Å². The molecule has 0 aliphatic carbocycles. The number of carbonyl (C=O) groups excluding carboxylic acids is 1. The van der Waals surface area contributed by atoms with Gasteiger partial charge < -0.3 is 4.74 Å². The Hall–Kier alpha value is -2.15. The average Bonchev–Trinajstić information content (AvgIpc) is 2.98. The van der Waals surface area contributed by atoms with Gasteiger partial charge in [0, 0.05) is 12.1 Å². The maximum atomic E-state index is 13.2. The van der Waals surface area contributed by atoms with Crippen LogP contribution >= 0.6 is 11.8 Å². The summed E-state index contributed by atoms with van der Waals surface area (Å²) in [5.41, 5.74) is 0.755. The Morgan fingerprint density at radius 3 is 2.68 bits per heavy atom. The summed E-state index contributed by atoms with van der Waals surface area (Å²) in [6.07, 6.45) is 3.28. The van der Waals surface area contributed by atoms with E-state index < -0.39 is 0 Å². The molecule has 0 saturated heterocycles. The van der Waals surface area contributed by atoms with Crippen molar-refractivity contribution in [1.29, 1.82) is 0 Å². The number of benzene rings is 1. The third kappa shape index (κ3) is 4.92. The molecule has 0 fully saturated rings. The molecule has 0 spiro atoms. The van der Waals surface area contributed by atoms with Gasteiger partial charge in [-0.25, -0.2) is 4.39 Å². The molecule has 25 heavy (non-hydrogen) atoms. The standard InChI is InChI=1S/C18H22FN3O2S/c1-4-7-15(17(23)24-6-3)25-18-21-20-16(22(18)12-5-2)13-8-10-14(19)11-9-13/h5,8-11,15H,2,4,6-7,12H2,1,3H3/t15-/m0/s1. The normalized spacial score (nSPS) is 12.0. The summed E-state index contributed by atoms with van der Waals surface area (Å²) in [6, 6.07) is 6.08. The number of rotatable bonds is 9. The van der Waals surface area contributed by atoms with Gasteiger partial charge in [0.05, 0.1) is 6.61 Å². The SMILES string of the molecule is C=CCn1c(S[C@@H](CCC)C(=O)OCC)nnc1-c1ccc(F)cc1. The second-order valence-corrected chi connectivity index (χ2v) is 6.53. The molecule has 0 aliphatic rings. The van der Waals surface area contributed by atoms with Crippen molar-refractivity contribution in [2.24, 2.45) is 0 Å². The first-order valence-corrected chi connectivity index (χ1v) is 9.12. The van der Waals surface area contributed by atoms with E-state index in [0.29, 0.717) is 30.6 Å². The van der Waals surface area contributed by atoms with Crippen molar-refractivity contribution < 1.29 is 13.9 Å². The molecule has 5 nitrogen and oxygen atoms in total. The summed E-state index contributed by atoms with van der Waals surface area (Å²) in [5.74, 6) is 0.0609. The number of allylic oxidation sites excluding steroid dienone is 1. The second kappa shape index (κ2) is 9.36. The highest BCUT2D eigenvalue weighted by molar-refractivity contribution is 8.00. The molecular weight excluding hydrogens is 341 g/mol. The van der Waals surface area contributed by atoms with Crippen molar-refractivity contribution in [3.8, 4) is 11.4 Å². The lowest BCUT2D eigenvalue weighted by Crippen LogP contribution is -2.21. The average molecular weight is 363 g/mol. The van der Waals surface area contributed by atoms with Crippen molar-refractivity contribution >= 4 is 17.7 Å². The number of halogens is 1. The molecule has 2 aromatic rings. The lowest BCUT2D eigenvalue weighted by molar-refractivity contribution is -0.142. The van der Waals surface area contributed by atoms with Gasteiger partial charge in [0.1, 0.15) is 11.1 Å². The maximum Gasteiger partial charge on any atom is 0.319 e. The third-order valence-electron chi connectivity index (χ3n) is 3.48. The van der Waals surface area contributed by atoms with Crippen LogP contribution in [0.5, 0.6) is 0 Å². The fraction of sp³-hybridized carbons (Fsp3) is 0.389. The summed E-state index contributed by atoms with van der Waals surface area (Å²) in [4.78, 5) is 12.2. The largest absolute Gasteiger partial charge is 0.465 e. The first-order valence-electron chi connectivity index (χ1n) is 8.24. The number of hydrogen-bond donors (Lipinski definition) is 0. The number of aromatic nitrogens is 3. The van der Waals surface area contributed by atoms with Crippen molar-refractivity contribution in [3.63, 3.8) is 0 Å². The molecule has 1 aromatic carbocycles. The molecular formula is C18H22FN3O2S. The third-order valence-corrected chi connectivity index (χ3v) is 4.70. The molecule has 1 heterocycles. The number of nitrogens with zero attached hydrogens (tertiary/aromatic N) is 3. The van der Waals surface area contributed by atoms with Crippen LogP contribution in [0.15, 0.2) is 42.1 Å². The van der Waals surface area contributed by atoms with Gasteiger partial charge in [-0.3, -0.25) is 9.36 Å². The van der Waals surface area contributed by atoms with Crippen LogP contribution in [-0.4, -0.2) is 32.6 Å². The van der Waals surface area contributed by atoms with E-state index in [9.17, 15) is 9.18 Å². The van der Waals surface area contributed by atoms with Crippen LogP contribution in [-0.2, 0) is 16.1 Å². The first-order chi connectivity index (χ1) is 12.1. The smallest absolute Gasteiger partial charge is 0.319 e. The molecule has 7 heteroatoms. The number of hydrogen-bond acceptors (Lipinski definition) is 5. The monoisotopic (exact) mass is 363 g/mol. The van der Waals surface area contributed by atoms with Gasteiger partial charge in [-0.1, -0.05) is 31.2 Å². The minimum Gasteiger partial charge on any atom is -0.465 e. The predicted molar refractivity (Wildman–Crippen MR) is 96.8 cm³/mol. The van der Waals surface area contributed by atoms with Crippen LogP contribution in [0.2, 0.25) is 0 Å². The van der Waals surface area contributed by atoms with Crippen molar-refractivity contribution in [3.05, 3.63) is 42.7 Å². The Balaban J connectivity index is 2.32. The van der Waals surface area contributed by atoms with Gasteiger partial charge >= 0.3 is 5.97 Å². The summed E-state index contributed by atoms with van der Waals surface area (Å²) in [7, 11) is 0. The molecule has 0 radical (unpaired) electrons. The van der Waals surface area contributed by atoms with Crippen molar-refractivity contribution in [1.82, 2.24) is 14.8 Å². The Labute approximate surface area is 151 Å². The zero-order valence-electron chi connectivity index (χ0n) is 14.4. The lowest BCUT2D eigenvalue weighted by atomic mass is 10.2. The van der Waals surface area contributed by atoms with Gasteiger partial charge in [0.25, 0.3) is 0 Å². The topological polar surface area (TPSA) is 57.0 Å². The number of thioether (sulfide) groups is 1. The summed E-state index contributed by atoms with van der Waals surface area (Å²) >= 11 is 1.34. The van der Waals surface area contributed by atoms with Crippen LogP contribution in [0.3, 0.4) is 0 Å². The Bertz CT molecular complexity index is 716. The van der Waals surface area contributed by atoms with E-state index in [1.165, 1.54) is 23.9 Å². The van der Waals surface area contributed by atoms with Gasteiger partial charge in [0.15, 0.2) is 11.0 Å². The predicted octanol–water partition coefficient (Wildman–Crippen LogP) is 4.09. The van der Waals surface area contributed by atoms with Crippen LogP contribution < -0.4 is 0 Å². The van der Waals surface area contributed by atoms with Crippen LogP contribution in [0.4, 0.5) is 4.39 Å². The van der Waals surface area contributed by atoms with E-state index in [1.807, 2.05) is 11.5 Å². The zero-order chi connectivity index (χ0) is 18.2. The number of carbonyl (C=O) groups is 1. The first kappa shape index (κ1) is 19.2. The van der Waals surface area contributed by atoms with E-state index in [4.69, 9.17) is 4.74 Å². The Kier molecular flexibility index (Phi) is 7.18. The minimum absolute atomic E-state index is 0.245. The van der Waals surface area contributed by atoms with Crippen molar-refractivity contribution in [2.75, 3.05) is 6.61 Å². The van der Waals surface area contributed by atoms with Gasteiger partial charge in [-0.05, 0) is 37.6 Å². The molecule has 1 aromatic heterocycles. The maximum absolute atomic E-state index is 13.2. The molecule has 0 saturated carbocycles. The quantitative estimate of drug-likeness (QED) is 0.381. The van der Waals surface area contributed by atoms with E-state index in [0.717, 1.165) is 12.0 Å². The zero-order valence-corrected chi connectivity index (χ0v) is 15.3. The molecule has 0 bridgehead atoms. The molecule has 0 N–H and O–H groups in total. The Morgan fingerprint density at radius 2 is 2.08 bits per heavy atom. The number of esters is 1. The van der Waals surface area contributed by atoms with Gasteiger partial charge in [0.2, 0.25) is 0 Å². The highest BCUT2D eigenvalue weighted by Gasteiger charge is 2.24. The second-order valence-electron chi connectivity index (χ2n) is 5.36. The summed E-state index contributed by atoms with van der Waals surface area (Å²) in [5, 5.41) is 8.73. The molecule has 1 atom stereocenters. The van der Waals surface area contributed by atoms with E-state index in [-0.39, 0.29) is 17.0 Å².